The van der Waals surface area contributed by atoms with E-state index in [-0.39, 0.29) is 11.5 Å². The lowest BCUT2D eigenvalue weighted by Crippen LogP contribution is -2.28. The van der Waals surface area contributed by atoms with E-state index < -0.39 is 0 Å². The summed E-state index contributed by atoms with van der Waals surface area (Å²) >= 11 is 0. The van der Waals surface area contributed by atoms with E-state index in [1.165, 1.54) is 44.6 Å². The molecule has 0 saturated carbocycles. The summed E-state index contributed by atoms with van der Waals surface area (Å²) in [4.78, 5) is 0. The molecule has 0 heterocycles. The maximum atomic E-state index is 10.1. The SMILES string of the molecule is CC(C)=CCC/C(C)=C/C=C/C(C)=C/C=C/C(C)=C/C=C/C=C(C)/C=C/C=C(C)/C=C\C1=C(C)C[C@@H](O)CC1(C)C. The molecule has 0 aromatic carbocycles. The zero-order valence-corrected chi connectivity index (χ0v) is 27.6. The number of hydrogen-bond acceptors (Lipinski definition) is 1. The molecule has 0 aliphatic heterocycles. The molecule has 1 aliphatic carbocycles. The minimum atomic E-state index is -0.222. The second kappa shape index (κ2) is 19.1. The van der Waals surface area contributed by atoms with Crippen LogP contribution in [0, 0.1) is 5.41 Å². The first-order chi connectivity index (χ1) is 19.3. The van der Waals surface area contributed by atoms with Gasteiger partial charge in [0, 0.05) is 0 Å². The van der Waals surface area contributed by atoms with Crippen LogP contribution in [-0.4, -0.2) is 11.2 Å². The van der Waals surface area contributed by atoms with Crippen molar-refractivity contribution in [3.8, 4) is 0 Å². The smallest absolute Gasteiger partial charge is 0.0585 e. The molecule has 0 saturated heterocycles. The van der Waals surface area contributed by atoms with Crippen LogP contribution in [0.5, 0.6) is 0 Å². The van der Waals surface area contributed by atoms with Crippen LogP contribution in [0.1, 0.15) is 94.9 Å². The van der Waals surface area contributed by atoms with Gasteiger partial charge in [0.15, 0.2) is 0 Å². The Morgan fingerprint density at radius 2 is 1.17 bits per heavy atom. The first-order valence-electron chi connectivity index (χ1n) is 15.1. The van der Waals surface area contributed by atoms with Crippen LogP contribution in [0.3, 0.4) is 0 Å². The third-order valence-electron chi connectivity index (χ3n) is 7.09. The molecule has 0 amide bonds. The van der Waals surface area contributed by atoms with Crippen molar-refractivity contribution in [2.75, 3.05) is 0 Å². The van der Waals surface area contributed by atoms with E-state index in [2.05, 4.69) is 166 Å². The Bertz CT molecular complexity index is 1220. The van der Waals surface area contributed by atoms with Gasteiger partial charge in [0.25, 0.3) is 0 Å². The van der Waals surface area contributed by atoms with Crippen molar-refractivity contribution in [2.24, 2.45) is 5.41 Å². The molecule has 1 nitrogen and oxygen atoms in total. The van der Waals surface area contributed by atoms with Gasteiger partial charge in [-0.25, -0.2) is 0 Å². The van der Waals surface area contributed by atoms with Crippen molar-refractivity contribution in [3.63, 3.8) is 0 Å². The van der Waals surface area contributed by atoms with Crippen molar-refractivity contribution in [1.82, 2.24) is 0 Å². The summed E-state index contributed by atoms with van der Waals surface area (Å²) in [6, 6.07) is 0. The molecule has 1 heteroatoms. The molecule has 0 radical (unpaired) electrons. The van der Waals surface area contributed by atoms with Gasteiger partial charge in [-0.2, -0.15) is 0 Å². The van der Waals surface area contributed by atoms with Crippen molar-refractivity contribution in [1.29, 1.82) is 0 Å². The van der Waals surface area contributed by atoms with Gasteiger partial charge >= 0.3 is 0 Å². The Kier molecular flexibility index (Phi) is 16.7. The Hall–Kier alpha value is -3.16. The maximum absolute atomic E-state index is 10.1. The lowest BCUT2D eigenvalue weighted by Gasteiger charge is -2.35. The topological polar surface area (TPSA) is 20.2 Å². The van der Waals surface area contributed by atoms with E-state index in [0.717, 1.165) is 25.7 Å². The van der Waals surface area contributed by atoms with E-state index in [9.17, 15) is 5.11 Å². The number of allylic oxidation sites excluding steroid dienone is 23. The highest BCUT2D eigenvalue weighted by atomic mass is 16.3. The van der Waals surface area contributed by atoms with E-state index in [1.807, 2.05) is 0 Å². The number of hydrogen-bond donors (Lipinski definition) is 1. The highest BCUT2D eigenvalue weighted by Crippen LogP contribution is 2.41. The summed E-state index contributed by atoms with van der Waals surface area (Å²) < 4.78 is 0. The minimum Gasteiger partial charge on any atom is -0.393 e. The second-order valence-electron chi connectivity index (χ2n) is 12.4. The summed E-state index contributed by atoms with van der Waals surface area (Å²) in [7, 11) is 0. The largest absolute Gasteiger partial charge is 0.393 e. The van der Waals surface area contributed by atoms with Crippen LogP contribution >= 0.6 is 0 Å². The van der Waals surface area contributed by atoms with Gasteiger partial charge in [0.1, 0.15) is 0 Å². The van der Waals surface area contributed by atoms with Crippen LogP contribution in [0.25, 0.3) is 0 Å². The molecular weight excluding hydrogens is 496 g/mol. The third kappa shape index (κ3) is 16.6. The fraction of sp³-hybridized carbons (Fsp3) is 0.400. The van der Waals surface area contributed by atoms with Gasteiger partial charge in [-0.1, -0.05) is 150 Å². The van der Waals surface area contributed by atoms with Crippen molar-refractivity contribution >= 4 is 0 Å². The summed E-state index contributed by atoms with van der Waals surface area (Å²) in [5.41, 5.74) is 10.3. The Balaban J connectivity index is 2.60. The molecule has 0 spiro atoms. The molecule has 0 aromatic heterocycles. The fourth-order valence-electron chi connectivity index (χ4n) is 4.77. The lowest BCUT2D eigenvalue weighted by atomic mass is 9.71. The van der Waals surface area contributed by atoms with Crippen LogP contribution in [0.15, 0.2) is 142 Å². The highest BCUT2D eigenvalue weighted by molar-refractivity contribution is 5.38. The van der Waals surface area contributed by atoms with E-state index in [1.54, 1.807) is 0 Å². The van der Waals surface area contributed by atoms with Crippen LogP contribution in [0.2, 0.25) is 0 Å². The van der Waals surface area contributed by atoms with Gasteiger partial charge in [-0.05, 0) is 92.1 Å². The van der Waals surface area contributed by atoms with Gasteiger partial charge in [0.2, 0.25) is 0 Å². The van der Waals surface area contributed by atoms with Crippen molar-refractivity contribution in [3.05, 3.63) is 142 Å². The summed E-state index contributed by atoms with van der Waals surface area (Å²) in [5.74, 6) is 0. The van der Waals surface area contributed by atoms with E-state index in [4.69, 9.17) is 0 Å². The first-order valence-corrected chi connectivity index (χ1v) is 15.1. The van der Waals surface area contributed by atoms with Gasteiger partial charge in [-0.15, -0.1) is 0 Å². The van der Waals surface area contributed by atoms with Crippen LogP contribution in [-0.2, 0) is 0 Å². The molecule has 222 valence electrons. The average molecular weight is 553 g/mol. The van der Waals surface area contributed by atoms with E-state index >= 15 is 0 Å². The fourth-order valence-corrected chi connectivity index (χ4v) is 4.77. The Morgan fingerprint density at radius 3 is 1.66 bits per heavy atom. The molecule has 0 bridgehead atoms. The monoisotopic (exact) mass is 552 g/mol. The number of aliphatic hydroxyl groups excluding tert-OH is 1. The van der Waals surface area contributed by atoms with Gasteiger partial charge < -0.3 is 5.11 Å². The predicted molar refractivity (Wildman–Crippen MR) is 185 cm³/mol. The Morgan fingerprint density at radius 1 is 0.707 bits per heavy atom. The molecule has 41 heavy (non-hydrogen) atoms. The number of rotatable bonds is 13. The molecule has 0 unspecified atom stereocenters. The third-order valence-corrected chi connectivity index (χ3v) is 7.09. The molecule has 1 atom stereocenters. The first kappa shape index (κ1) is 35.9. The Labute approximate surface area is 252 Å². The molecule has 1 rings (SSSR count). The van der Waals surface area contributed by atoms with Crippen LogP contribution < -0.4 is 0 Å². The summed E-state index contributed by atoms with van der Waals surface area (Å²) in [5, 5.41) is 10.1. The van der Waals surface area contributed by atoms with Crippen molar-refractivity contribution < 1.29 is 5.11 Å². The standard InChI is InChI=1S/C40H56O/c1-31(2)17-13-20-34(5)23-15-25-35(6)24-14-21-32(3)18-11-12-19-33(4)22-16-26-36(7)27-28-39-37(8)29-38(41)30-40(39,9)10/h11-12,14-19,21-28,38,41H,13,20,29-30H2,1-10H3/b12-11+,21-14+,22-16+,25-15+,28-27-,32-18+,33-19+,34-23+,35-24+,36-26+/t38-/m1/s1. The molecule has 0 fully saturated rings. The summed E-state index contributed by atoms with van der Waals surface area (Å²) in [6.07, 6.45) is 38.0. The normalized spacial score (nSPS) is 20.2. The average Bonchev–Trinajstić information content (AvgIpc) is 2.85. The predicted octanol–water partition coefficient (Wildman–Crippen LogP) is 11.7. The van der Waals surface area contributed by atoms with Gasteiger partial charge in [0.05, 0.1) is 6.10 Å². The minimum absolute atomic E-state index is 0.0115. The zero-order chi connectivity index (χ0) is 30.8. The van der Waals surface area contributed by atoms with Crippen LogP contribution in [0.4, 0.5) is 0 Å². The molecular formula is C40H56O. The van der Waals surface area contributed by atoms with E-state index in [0.29, 0.717) is 0 Å². The van der Waals surface area contributed by atoms with Crippen molar-refractivity contribution in [2.45, 2.75) is 101 Å². The number of aliphatic hydroxyl groups is 1. The summed E-state index contributed by atoms with van der Waals surface area (Å²) in [6.45, 7) is 21.6. The highest BCUT2D eigenvalue weighted by Gasteiger charge is 2.31. The second-order valence-corrected chi connectivity index (χ2v) is 12.4. The van der Waals surface area contributed by atoms with Gasteiger partial charge in [-0.3, -0.25) is 0 Å². The molecule has 0 aromatic rings. The molecule has 1 N–H and O–H groups in total. The quantitative estimate of drug-likeness (QED) is 0.178. The molecule has 1 aliphatic rings. The zero-order valence-electron chi connectivity index (χ0n) is 27.6. The lowest BCUT2D eigenvalue weighted by molar-refractivity contribution is 0.116. The maximum Gasteiger partial charge on any atom is 0.0585 e.